The van der Waals surface area contributed by atoms with Crippen molar-refractivity contribution in [1.82, 2.24) is 0 Å². The number of methoxy groups -OCH3 is 1. The fourth-order valence-corrected chi connectivity index (χ4v) is 1.94. The Kier molecular flexibility index (Phi) is 3.94. The lowest BCUT2D eigenvalue weighted by Gasteiger charge is -2.19. The molecule has 0 heterocycles. The lowest BCUT2D eigenvalue weighted by molar-refractivity contribution is 0.0957. The topological polar surface area (TPSA) is 52.3 Å². The Bertz CT molecular complexity index is 431. The summed E-state index contributed by atoms with van der Waals surface area (Å²) in [7, 11) is 1.59. The Hall–Kier alpha value is -1.35. The SMILES string of the molecule is COc1c(C)cc(C)cc1C(=O)CC(C)(C)N. The minimum atomic E-state index is -0.500. The smallest absolute Gasteiger partial charge is 0.168 e. The van der Waals surface area contributed by atoms with E-state index in [9.17, 15) is 4.79 Å². The maximum absolute atomic E-state index is 12.2. The molecule has 94 valence electrons. The van der Waals surface area contributed by atoms with Crippen LogP contribution in [0.1, 0.15) is 41.8 Å². The van der Waals surface area contributed by atoms with Crippen LogP contribution in [0.5, 0.6) is 5.75 Å². The number of ether oxygens (including phenoxy) is 1. The van der Waals surface area contributed by atoms with Crippen molar-refractivity contribution in [2.24, 2.45) is 5.73 Å². The van der Waals surface area contributed by atoms with Crippen LogP contribution in [-0.4, -0.2) is 18.4 Å². The molecule has 0 unspecified atom stereocenters. The zero-order valence-electron chi connectivity index (χ0n) is 11.3. The molecular weight excluding hydrogens is 214 g/mol. The number of aryl methyl sites for hydroxylation is 2. The normalized spacial score (nSPS) is 11.4. The Morgan fingerprint density at radius 1 is 1.35 bits per heavy atom. The van der Waals surface area contributed by atoms with Crippen molar-refractivity contribution in [3.05, 3.63) is 28.8 Å². The Balaban J connectivity index is 3.16. The highest BCUT2D eigenvalue weighted by Gasteiger charge is 2.21. The second-order valence-electron chi connectivity index (χ2n) is 5.25. The van der Waals surface area contributed by atoms with Gasteiger partial charge in [0.15, 0.2) is 5.78 Å². The number of rotatable bonds is 4. The summed E-state index contributed by atoms with van der Waals surface area (Å²) < 4.78 is 5.31. The molecule has 1 aromatic rings. The fraction of sp³-hybridized carbons (Fsp3) is 0.500. The summed E-state index contributed by atoms with van der Waals surface area (Å²) in [5.74, 6) is 0.686. The summed E-state index contributed by atoms with van der Waals surface area (Å²) in [5.41, 5.74) is 8.04. The van der Waals surface area contributed by atoms with Crippen molar-refractivity contribution < 1.29 is 9.53 Å². The molecule has 2 N–H and O–H groups in total. The lowest BCUT2D eigenvalue weighted by atomic mass is 9.93. The predicted molar refractivity (Wildman–Crippen MR) is 69.7 cm³/mol. The molecule has 0 saturated carbocycles. The zero-order chi connectivity index (χ0) is 13.2. The highest BCUT2D eigenvalue weighted by atomic mass is 16.5. The molecule has 17 heavy (non-hydrogen) atoms. The van der Waals surface area contributed by atoms with Crippen LogP contribution in [0, 0.1) is 13.8 Å². The minimum absolute atomic E-state index is 0.0288. The van der Waals surface area contributed by atoms with Crippen molar-refractivity contribution >= 4 is 5.78 Å². The molecule has 0 aliphatic heterocycles. The van der Waals surface area contributed by atoms with Gasteiger partial charge in [0.1, 0.15) is 5.75 Å². The van der Waals surface area contributed by atoms with Crippen LogP contribution in [0.3, 0.4) is 0 Å². The first-order valence-electron chi connectivity index (χ1n) is 5.72. The number of benzene rings is 1. The highest BCUT2D eigenvalue weighted by molar-refractivity contribution is 5.99. The molecule has 0 atom stereocenters. The maximum Gasteiger partial charge on any atom is 0.168 e. The van der Waals surface area contributed by atoms with Gasteiger partial charge in [0, 0.05) is 12.0 Å². The van der Waals surface area contributed by atoms with E-state index in [-0.39, 0.29) is 5.78 Å². The molecule has 0 aromatic heterocycles. The van der Waals surface area contributed by atoms with Crippen molar-refractivity contribution in [2.45, 2.75) is 39.7 Å². The van der Waals surface area contributed by atoms with Crippen molar-refractivity contribution in [1.29, 1.82) is 0 Å². The highest BCUT2D eigenvalue weighted by Crippen LogP contribution is 2.27. The van der Waals surface area contributed by atoms with Gasteiger partial charge in [0.05, 0.1) is 12.7 Å². The first kappa shape index (κ1) is 13.7. The van der Waals surface area contributed by atoms with Crippen LogP contribution in [0.15, 0.2) is 12.1 Å². The largest absolute Gasteiger partial charge is 0.496 e. The minimum Gasteiger partial charge on any atom is -0.496 e. The Labute approximate surface area is 103 Å². The first-order chi connectivity index (χ1) is 7.74. The molecule has 0 radical (unpaired) electrons. The van der Waals surface area contributed by atoms with Crippen LogP contribution < -0.4 is 10.5 Å². The third-order valence-electron chi connectivity index (χ3n) is 2.54. The van der Waals surface area contributed by atoms with Crippen LogP contribution >= 0.6 is 0 Å². The molecule has 0 fully saturated rings. The number of carbonyl (C=O) groups is 1. The van der Waals surface area contributed by atoms with Gasteiger partial charge in [-0.25, -0.2) is 0 Å². The van der Waals surface area contributed by atoms with E-state index < -0.39 is 5.54 Å². The van der Waals surface area contributed by atoms with Gasteiger partial charge >= 0.3 is 0 Å². The van der Waals surface area contributed by atoms with E-state index in [0.717, 1.165) is 11.1 Å². The number of hydrogen-bond acceptors (Lipinski definition) is 3. The Morgan fingerprint density at radius 2 is 1.94 bits per heavy atom. The van der Waals surface area contributed by atoms with Gasteiger partial charge in [-0.15, -0.1) is 0 Å². The molecule has 0 spiro atoms. The number of ketones is 1. The number of nitrogens with two attached hydrogens (primary N) is 1. The van der Waals surface area contributed by atoms with Gasteiger partial charge < -0.3 is 10.5 Å². The van der Waals surface area contributed by atoms with Gasteiger partial charge in [-0.2, -0.15) is 0 Å². The number of Topliss-reactive ketones (excluding diaryl/α,β-unsaturated/α-hetero) is 1. The molecule has 0 aliphatic carbocycles. The predicted octanol–water partition coefficient (Wildman–Crippen LogP) is 2.62. The monoisotopic (exact) mass is 235 g/mol. The summed E-state index contributed by atoms with van der Waals surface area (Å²) in [6.07, 6.45) is 0.312. The molecular formula is C14H21NO2. The van der Waals surface area contributed by atoms with E-state index in [2.05, 4.69) is 0 Å². The van der Waals surface area contributed by atoms with Crippen LogP contribution in [0.2, 0.25) is 0 Å². The average Bonchev–Trinajstić information content (AvgIpc) is 2.13. The zero-order valence-corrected chi connectivity index (χ0v) is 11.3. The third kappa shape index (κ3) is 3.56. The van der Waals surface area contributed by atoms with Crippen LogP contribution in [0.25, 0.3) is 0 Å². The maximum atomic E-state index is 12.2. The van der Waals surface area contributed by atoms with Gasteiger partial charge in [-0.3, -0.25) is 4.79 Å². The van der Waals surface area contributed by atoms with Crippen molar-refractivity contribution in [3.63, 3.8) is 0 Å². The van der Waals surface area contributed by atoms with Gasteiger partial charge in [-0.05, 0) is 44.9 Å². The Morgan fingerprint density at radius 3 is 2.41 bits per heavy atom. The van der Waals surface area contributed by atoms with Gasteiger partial charge in [0.25, 0.3) is 0 Å². The second kappa shape index (κ2) is 4.88. The standard InChI is InChI=1S/C14H21NO2/c1-9-6-10(2)13(17-5)11(7-9)12(16)8-14(3,4)15/h6-7H,8,15H2,1-5H3. The molecule has 1 rings (SSSR count). The van der Waals surface area contributed by atoms with Crippen LogP contribution in [-0.2, 0) is 0 Å². The summed E-state index contributed by atoms with van der Waals surface area (Å²) in [5, 5.41) is 0. The van der Waals surface area contributed by atoms with E-state index in [1.165, 1.54) is 0 Å². The van der Waals surface area contributed by atoms with Crippen molar-refractivity contribution in [2.75, 3.05) is 7.11 Å². The molecule has 3 nitrogen and oxygen atoms in total. The van der Waals surface area contributed by atoms with E-state index in [4.69, 9.17) is 10.5 Å². The van der Waals surface area contributed by atoms with E-state index in [0.29, 0.717) is 17.7 Å². The van der Waals surface area contributed by atoms with Gasteiger partial charge in [-0.1, -0.05) is 6.07 Å². The molecule has 0 amide bonds. The molecule has 1 aromatic carbocycles. The van der Waals surface area contributed by atoms with Gasteiger partial charge in [0.2, 0.25) is 0 Å². The second-order valence-corrected chi connectivity index (χ2v) is 5.25. The lowest BCUT2D eigenvalue weighted by Crippen LogP contribution is -2.34. The average molecular weight is 235 g/mol. The summed E-state index contributed by atoms with van der Waals surface area (Å²) in [4.78, 5) is 12.2. The summed E-state index contributed by atoms with van der Waals surface area (Å²) in [6.45, 7) is 7.60. The van der Waals surface area contributed by atoms with Crippen LogP contribution in [0.4, 0.5) is 0 Å². The van der Waals surface area contributed by atoms with E-state index >= 15 is 0 Å². The number of carbonyl (C=O) groups excluding carboxylic acids is 1. The van der Waals surface area contributed by atoms with Crippen molar-refractivity contribution in [3.8, 4) is 5.75 Å². The van der Waals surface area contributed by atoms with E-state index in [1.54, 1.807) is 7.11 Å². The molecule has 0 aliphatic rings. The summed E-state index contributed by atoms with van der Waals surface area (Å²) in [6, 6.07) is 3.86. The fourth-order valence-electron chi connectivity index (χ4n) is 1.94. The molecule has 0 saturated heterocycles. The molecule has 3 heteroatoms. The third-order valence-corrected chi connectivity index (χ3v) is 2.54. The molecule has 0 bridgehead atoms. The quantitative estimate of drug-likeness (QED) is 0.816. The summed E-state index contributed by atoms with van der Waals surface area (Å²) >= 11 is 0. The van der Waals surface area contributed by atoms with E-state index in [1.807, 2.05) is 39.8 Å². The number of hydrogen-bond donors (Lipinski definition) is 1. The first-order valence-corrected chi connectivity index (χ1v) is 5.72.